The Morgan fingerprint density at radius 3 is 1.39 bits per heavy atom. The molecule has 0 aromatic carbocycles. The molecule has 3 N–H and O–H groups in total. The van der Waals surface area contributed by atoms with E-state index in [2.05, 4.69) is 55.6 Å². The summed E-state index contributed by atoms with van der Waals surface area (Å²) in [6.07, 6.45) is 61.2. The van der Waals surface area contributed by atoms with E-state index in [1.54, 1.807) is 6.08 Å². The van der Waals surface area contributed by atoms with Crippen LogP contribution in [0.25, 0.3) is 0 Å². The number of aliphatic hydroxyl groups is 1. The second-order valence-corrected chi connectivity index (χ2v) is 21.0. The summed E-state index contributed by atoms with van der Waals surface area (Å²) in [5.74, 6) is -0.189. The third-order valence-corrected chi connectivity index (χ3v) is 13.0. The van der Waals surface area contributed by atoms with Crippen molar-refractivity contribution in [1.82, 2.24) is 5.32 Å². The Labute approximate surface area is 397 Å². The number of hydrogen-bond donors (Lipinski definition) is 3. The van der Waals surface area contributed by atoms with Crippen molar-refractivity contribution < 1.29 is 32.9 Å². The molecule has 0 spiro atoms. The maximum atomic E-state index is 12.8. The average molecular weight is 922 g/mol. The van der Waals surface area contributed by atoms with Gasteiger partial charge < -0.3 is 19.8 Å². The first-order chi connectivity index (χ1) is 31.0. The van der Waals surface area contributed by atoms with Crippen molar-refractivity contribution in [2.75, 3.05) is 40.9 Å². The van der Waals surface area contributed by atoms with Gasteiger partial charge in [0.15, 0.2) is 0 Å². The predicted octanol–water partition coefficient (Wildman–Crippen LogP) is 16.0. The maximum Gasteiger partial charge on any atom is 0.472 e. The Kier molecular flexibility index (Phi) is 45.4. The molecule has 376 valence electrons. The van der Waals surface area contributed by atoms with Gasteiger partial charge in [0.2, 0.25) is 5.91 Å². The number of carbonyl (C=O) groups is 1. The molecular weight excluding hydrogens is 816 g/mol. The van der Waals surface area contributed by atoms with Gasteiger partial charge >= 0.3 is 7.82 Å². The molecule has 0 rings (SSSR count). The summed E-state index contributed by atoms with van der Waals surface area (Å²) >= 11 is 0. The van der Waals surface area contributed by atoms with E-state index in [-0.39, 0.29) is 19.1 Å². The molecule has 0 saturated heterocycles. The number of rotatable bonds is 49. The highest BCUT2D eigenvalue weighted by molar-refractivity contribution is 7.47. The zero-order chi connectivity index (χ0) is 47.1. The average Bonchev–Trinajstić information content (AvgIpc) is 3.25. The fourth-order valence-electron chi connectivity index (χ4n) is 7.74. The van der Waals surface area contributed by atoms with Gasteiger partial charge in [0.1, 0.15) is 13.2 Å². The third kappa shape index (κ3) is 48.4. The van der Waals surface area contributed by atoms with Crippen LogP contribution in [0, 0.1) is 0 Å². The fraction of sp³-hybridized carbons (Fsp3) is 0.836. The predicted molar refractivity (Wildman–Crippen MR) is 277 cm³/mol. The zero-order valence-corrected chi connectivity index (χ0v) is 43.7. The molecule has 8 nitrogen and oxygen atoms in total. The molecule has 9 heteroatoms. The minimum atomic E-state index is -4.34. The topological polar surface area (TPSA) is 105 Å². The lowest BCUT2D eigenvalue weighted by molar-refractivity contribution is -0.870. The quantitative estimate of drug-likeness (QED) is 0.0243. The van der Waals surface area contributed by atoms with Crippen LogP contribution in [0.3, 0.4) is 0 Å². The van der Waals surface area contributed by atoms with E-state index in [0.717, 1.165) is 51.4 Å². The largest absolute Gasteiger partial charge is 0.472 e. The van der Waals surface area contributed by atoms with Crippen LogP contribution in [0.1, 0.15) is 245 Å². The van der Waals surface area contributed by atoms with Gasteiger partial charge in [-0.15, -0.1) is 0 Å². The number of carbonyl (C=O) groups excluding carboxylic acids is 1. The van der Waals surface area contributed by atoms with Crippen LogP contribution in [-0.4, -0.2) is 73.4 Å². The number of amides is 1. The minimum absolute atomic E-state index is 0.0560. The third-order valence-electron chi connectivity index (χ3n) is 12.0. The molecule has 0 heterocycles. The van der Waals surface area contributed by atoms with E-state index >= 15 is 0 Å². The van der Waals surface area contributed by atoms with Crippen LogP contribution in [0.5, 0.6) is 0 Å². The molecule has 64 heavy (non-hydrogen) atoms. The lowest BCUT2D eigenvalue weighted by Crippen LogP contribution is -2.45. The highest BCUT2D eigenvalue weighted by Gasteiger charge is 2.27. The molecule has 3 unspecified atom stereocenters. The number of unbranched alkanes of at least 4 members (excludes halogenated alkanes) is 30. The summed E-state index contributed by atoms with van der Waals surface area (Å²) in [7, 11) is 1.55. The van der Waals surface area contributed by atoms with Crippen molar-refractivity contribution in [2.24, 2.45) is 0 Å². The SMILES string of the molecule is CCC/C=C/CC/C=C/C(O)C(COP(=O)(O)OCC[N+](C)(C)C)NC(=O)CCCCCCCCCCCCCCCCCCCCCCCCC/C=C\C/C=C\CCCCCCC. The highest BCUT2D eigenvalue weighted by Crippen LogP contribution is 2.43. The van der Waals surface area contributed by atoms with E-state index in [4.69, 9.17) is 9.05 Å². The Hall–Kier alpha value is -1.54. The van der Waals surface area contributed by atoms with E-state index in [1.807, 2.05) is 27.2 Å². The first-order valence-corrected chi connectivity index (χ1v) is 28.5. The minimum Gasteiger partial charge on any atom is -0.387 e. The number of likely N-dealkylation sites (N-methyl/N-ethyl adjacent to an activating group) is 1. The molecule has 0 aromatic rings. The molecule has 1 amide bonds. The summed E-state index contributed by atoms with van der Waals surface area (Å²) in [6.45, 7) is 4.68. The van der Waals surface area contributed by atoms with Crippen LogP contribution in [0.15, 0.2) is 48.6 Å². The number of quaternary nitrogens is 1. The number of allylic oxidation sites excluding steroid dienone is 7. The Morgan fingerprint density at radius 1 is 0.531 bits per heavy atom. The number of aliphatic hydroxyl groups excluding tert-OH is 1. The summed E-state index contributed by atoms with van der Waals surface area (Å²) in [5, 5.41) is 13.7. The van der Waals surface area contributed by atoms with E-state index < -0.39 is 20.0 Å². The number of nitrogens with zero attached hydrogens (tertiary/aromatic N) is 1. The Balaban J connectivity index is 3.82. The first kappa shape index (κ1) is 62.5. The van der Waals surface area contributed by atoms with Gasteiger partial charge in [-0.2, -0.15) is 0 Å². The second-order valence-electron chi connectivity index (χ2n) is 19.6. The van der Waals surface area contributed by atoms with Crippen LogP contribution in [0.4, 0.5) is 0 Å². The molecule has 0 aliphatic carbocycles. The number of phosphoric acid groups is 1. The van der Waals surface area contributed by atoms with Crippen LogP contribution in [-0.2, 0) is 18.4 Å². The van der Waals surface area contributed by atoms with Crippen LogP contribution in [0.2, 0.25) is 0 Å². The number of hydrogen-bond acceptors (Lipinski definition) is 5. The van der Waals surface area contributed by atoms with Gasteiger partial charge in [-0.25, -0.2) is 4.57 Å². The molecule has 3 atom stereocenters. The van der Waals surface area contributed by atoms with Gasteiger partial charge in [0.05, 0.1) is 39.9 Å². The van der Waals surface area contributed by atoms with Crippen molar-refractivity contribution in [1.29, 1.82) is 0 Å². The Morgan fingerprint density at radius 2 is 0.938 bits per heavy atom. The molecule has 0 aliphatic rings. The molecule has 0 fully saturated rings. The maximum absolute atomic E-state index is 12.8. The van der Waals surface area contributed by atoms with Crippen molar-refractivity contribution in [3.05, 3.63) is 48.6 Å². The molecule has 0 saturated carbocycles. The molecule has 0 radical (unpaired) electrons. The second kappa shape index (κ2) is 46.6. The highest BCUT2D eigenvalue weighted by atomic mass is 31.2. The van der Waals surface area contributed by atoms with Crippen molar-refractivity contribution in [3.8, 4) is 0 Å². The van der Waals surface area contributed by atoms with Crippen LogP contribution < -0.4 is 5.32 Å². The van der Waals surface area contributed by atoms with Crippen LogP contribution >= 0.6 is 7.82 Å². The summed E-state index contributed by atoms with van der Waals surface area (Å²) in [6, 6.07) is -0.859. The van der Waals surface area contributed by atoms with Gasteiger partial charge in [-0.3, -0.25) is 13.8 Å². The lowest BCUT2D eigenvalue weighted by Gasteiger charge is -2.25. The van der Waals surface area contributed by atoms with E-state index in [9.17, 15) is 19.4 Å². The van der Waals surface area contributed by atoms with Crippen molar-refractivity contribution in [3.63, 3.8) is 0 Å². The summed E-state index contributed by atoms with van der Waals surface area (Å²) in [5.41, 5.74) is 0. The zero-order valence-electron chi connectivity index (χ0n) is 42.8. The van der Waals surface area contributed by atoms with Gasteiger partial charge in [-0.1, -0.05) is 229 Å². The lowest BCUT2D eigenvalue weighted by atomic mass is 10.0. The first-order valence-electron chi connectivity index (χ1n) is 27.0. The van der Waals surface area contributed by atoms with Crippen molar-refractivity contribution in [2.45, 2.75) is 257 Å². The molecular formula is C55H106N2O6P+. The smallest absolute Gasteiger partial charge is 0.387 e. The number of nitrogens with one attached hydrogen (secondary N) is 1. The molecule has 0 aliphatic heterocycles. The normalized spacial score (nSPS) is 14.4. The van der Waals surface area contributed by atoms with Gasteiger partial charge in [0, 0.05) is 6.42 Å². The standard InChI is InChI=1S/C55H105N2O6P/c1-6-8-10-12-14-15-16-17-18-19-20-21-22-23-24-25-26-27-28-29-30-31-32-33-34-35-36-37-38-39-40-41-43-45-47-49-55(59)56-53(54(58)48-46-44-42-13-11-9-7-2)52-63-64(60,61)62-51-50-57(3,4)5/h11,13,16-17,19-20,46,48,53-54,58H,6-10,12,14-15,18,21-45,47,49-52H2,1-5H3,(H-,56,59,60,61)/p+1/b13-11+,17-16-,20-19-,48-46+. The fourth-order valence-corrected chi connectivity index (χ4v) is 8.48. The van der Waals surface area contributed by atoms with Crippen molar-refractivity contribution >= 4 is 13.7 Å². The monoisotopic (exact) mass is 922 g/mol. The van der Waals surface area contributed by atoms with E-state index in [1.165, 1.54) is 173 Å². The van der Waals surface area contributed by atoms with E-state index in [0.29, 0.717) is 17.4 Å². The van der Waals surface area contributed by atoms with Gasteiger partial charge in [0.25, 0.3) is 0 Å². The van der Waals surface area contributed by atoms with Gasteiger partial charge in [-0.05, 0) is 57.8 Å². The summed E-state index contributed by atoms with van der Waals surface area (Å²) in [4.78, 5) is 23.1. The summed E-state index contributed by atoms with van der Waals surface area (Å²) < 4.78 is 23.5. The molecule has 0 aromatic heterocycles. The molecule has 0 bridgehead atoms. The number of phosphoric ester groups is 1. The Bertz CT molecular complexity index is 1180.